The Morgan fingerprint density at radius 2 is 2.24 bits per heavy atom. The number of likely N-dealkylation sites (tertiary alicyclic amines) is 1. The molecule has 2 rings (SSSR count). The summed E-state index contributed by atoms with van der Waals surface area (Å²) in [6.45, 7) is 2.30. The van der Waals surface area contributed by atoms with Crippen molar-refractivity contribution < 1.29 is 14.7 Å². The number of aliphatic carboxylic acids is 1. The van der Waals surface area contributed by atoms with Crippen LogP contribution in [0.4, 0.5) is 0 Å². The van der Waals surface area contributed by atoms with Gasteiger partial charge < -0.3 is 10.0 Å². The first-order valence-electron chi connectivity index (χ1n) is 5.12. The highest BCUT2D eigenvalue weighted by Crippen LogP contribution is 2.32. The summed E-state index contributed by atoms with van der Waals surface area (Å²) in [7, 11) is 0. The molecule has 0 saturated carbocycles. The van der Waals surface area contributed by atoms with Crippen LogP contribution < -0.4 is 0 Å². The first kappa shape index (κ1) is 12.3. The van der Waals surface area contributed by atoms with E-state index >= 15 is 0 Å². The number of hydrogen-bond acceptors (Lipinski definition) is 3. The fourth-order valence-electron chi connectivity index (χ4n) is 2.07. The molecule has 1 aromatic heterocycles. The van der Waals surface area contributed by atoms with Crippen molar-refractivity contribution in [3.63, 3.8) is 0 Å². The summed E-state index contributed by atoms with van der Waals surface area (Å²) in [6.07, 6.45) is 1.75. The van der Waals surface area contributed by atoms with E-state index in [-0.39, 0.29) is 12.3 Å². The molecule has 92 valence electrons. The molecule has 0 aromatic carbocycles. The van der Waals surface area contributed by atoms with E-state index in [1.165, 1.54) is 6.92 Å². The Balaban J connectivity index is 2.22. The highest BCUT2D eigenvalue weighted by molar-refractivity contribution is 14.1. The van der Waals surface area contributed by atoms with Gasteiger partial charge in [0.2, 0.25) is 5.91 Å². The van der Waals surface area contributed by atoms with Crippen LogP contribution in [0.1, 0.15) is 13.3 Å². The Kier molecular flexibility index (Phi) is 3.11. The molecule has 0 atom stereocenters. The van der Waals surface area contributed by atoms with E-state index in [0.717, 1.165) is 3.70 Å². The van der Waals surface area contributed by atoms with Gasteiger partial charge in [-0.2, -0.15) is 5.10 Å². The molecule has 1 aromatic rings. The number of nitrogens with zero attached hydrogens (tertiary/aromatic N) is 3. The summed E-state index contributed by atoms with van der Waals surface area (Å²) in [5, 5.41) is 13.2. The lowest BCUT2D eigenvalue weighted by atomic mass is 9.86. The first-order valence-corrected chi connectivity index (χ1v) is 6.20. The minimum Gasteiger partial charge on any atom is -0.481 e. The van der Waals surface area contributed by atoms with Crippen molar-refractivity contribution in [3.05, 3.63) is 16.0 Å². The second kappa shape index (κ2) is 4.28. The molecular formula is C10H12IN3O3. The van der Waals surface area contributed by atoms with Gasteiger partial charge in [0.15, 0.2) is 0 Å². The zero-order chi connectivity index (χ0) is 12.6. The molecule has 7 heteroatoms. The molecule has 2 heterocycles. The Hall–Kier alpha value is -1.12. The van der Waals surface area contributed by atoms with Crippen molar-refractivity contribution in [1.29, 1.82) is 0 Å². The molecule has 1 saturated heterocycles. The number of amides is 1. The fourth-order valence-corrected chi connectivity index (χ4v) is 2.47. The van der Waals surface area contributed by atoms with Crippen molar-refractivity contribution in [1.82, 2.24) is 14.7 Å². The van der Waals surface area contributed by atoms with Gasteiger partial charge in [0, 0.05) is 26.2 Å². The van der Waals surface area contributed by atoms with E-state index in [1.54, 1.807) is 15.8 Å². The van der Waals surface area contributed by atoms with Gasteiger partial charge >= 0.3 is 5.97 Å². The molecule has 1 N–H and O–H groups in total. The zero-order valence-electron chi connectivity index (χ0n) is 9.26. The SMILES string of the molecule is CC(=O)N1CC(CC(=O)O)(n2ccc(I)n2)C1. The summed E-state index contributed by atoms with van der Waals surface area (Å²) >= 11 is 2.07. The minimum atomic E-state index is -0.876. The number of halogens is 1. The summed E-state index contributed by atoms with van der Waals surface area (Å²) in [5.74, 6) is -0.911. The van der Waals surface area contributed by atoms with Crippen LogP contribution in [-0.2, 0) is 15.1 Å². The van der Waals surface area contributed by atoms with Gasteiger partial charge in [-0.3, -0.25) is 14.3 Å². The van der Waals surface area contributed by atoms with Gasteiger partial charge in [-0.1, -0.05) is 0 Å². The highest BCUT2D eigenvalue weighted by atomic mass is 127. The standard InChI is InChI=1S/C10H12IN3O3/c1-7(15)13-5-10(6-13,4-9(16)17)14-3-2-8(11)12-14/h2-3H,4-6H2,1H3,(H,16,17). The largest absolute Gasteiger partial charge is 0.481 e. The van der Waals surface area contributed by atoms with Crippen LogP contribution in [0.2, 0.25) is 0 Å². The molecule has 0 radical (unpaired) electrons. The Morgan fingerprint density at radius 3 is 2.65 bits per heavy atom. The van der Waals surface area contributed by atoms with E-state index in [1.807, 2.05) is 6.07 Å². The van der Waals surface area contributed by atoms with Gasteiger partial charge in [0.1, 0.15) is 9.24 Å². The maximum atomic E-state index is 11.2. The summed E-state index contributed by atoms with van der Waals surface area (Å²) in [6, 6.07) is 1.82. The second-order valence-electron chi connectivity index (χ2n) is 4.25. The van der Waals surface area contributed by atoms with Crippen LogP contribution in [0.5, 0.6) is 0 Å². The molecule has 0 bridgehead atoms. The summed E-state index contributed by atoms with van der Waals surface area (Å²) < 4.78 is 2.48. The molecular weight excluding hydrogens is 337 g/mol. The number of rotatable bonds is 3. The predicted octanol–water partition coefficient (Wildman–Crippen LogP) is 0.520. The third-order valence-corrected chi connectivity index (χ3v) is 3.51. The van der Waals surface area contributed by atoms with Crippen molar-refractivity contribution in [3.8, 4) is 0 Å². The Bertz CT molecular complexity index is 465. The lowest BCUT2D eigenvalue weighted by Gasteiger charge is -2.49. The van der Waals surface area contributed by atoms with Crippen molar-refractivity contribution in [2.24, 2.45) is 0 Å². The fraction of sp³-hybridized carbons (Fsp3) is 0.500. The minimum absolute atomic E-state index is 0.0193. The van der Waals surface area contributed by atoms with Crippen LogP contribution >= 0.6 is 22.6 Å². The molecule has 0 aliphatic carbocycles. The van der Waals surface area contributed by atoms with Crippen molar-refractivity contribution >= 4 is 34.5 Å². The number of carbonyl (C=O) groups excluding carboxylic acids is 1. The third kappa shape index (κ3) is 2.28. The number of carbonyl (C=O) groups is 2. The van der Waals surface area contributed by atoms with Crippen LogP contribution in [-0.4, -0.2) is 44.8 Å². The number of hydrogen-bond donors (Lipinski definition) is 1. The van der Waals surface area contributed by atoms with Crippen molar-refractivity contribution in [2.75, 3.05) is 13.1 Å². The molecule has 0 spiro atoms. The topological polar surface area (TPSA) is 75.4 Å². The lowest BCUT2D eigenvalue weighted by Crippen LogP contribution is -2.64. The number of carboxylic acid groups (broad SMARTS) is 1. The average molecular weight is 349 g/mol. The normalized spacial score (nSPS) is 17.6. The van der Waals surface area contributed by atoms with E-state index < -0.39 is 11.5 Å². The van der Waals surface area contributed by atoms with Gasteiger partial charge in [-0.15, -0.1) is 0 Å². The van der Waals surface area contributed by atoms with Gasteiger partial charge in [-0.05, 0) is 28.7 Å². The molecule has 1 fully saturated rings. The van der Waals surface area contributed by atoms with E-state index in [2.05, 4.69) is 27.7 Å². The second-order valence-corrected chi connectivity index (χ2v) is 5.36. The molecule has 1 aliphatic rings. The Labute approximate surface area is 112 Å². The van der Waals surface area contributed by atoms with Crippen LogP contribution in [0.15, 0.2) is 12.3 Å². The smallest absolute Gasteiger partial charge is 0.305 e. The van der Waals surface area contributed by atoms with E-state index in [9.17, 15) is 9.59 Å². The number of carboxylic acids is 1. The number of aromatic nitrogens is 2. The molecule has 1 aliphatic heterocycles. The van der Waals surface area contributed by atoms with Crippen molar-refractivity contribution in [2.45, 2.75) is 18.9 Å². The molecule has 0 unspecified atom stereocenters. The monoisotopic (exact) mass is 349 g/mol. The third-order valence-electron chi connectivity index (χ3n) is 2.94. The van der Waals surface area contributed by atoms with Gasteiger partial charge in [0.05, 0.1) is 6.42 Å². The van der Waals surface area contributed by atoms with Gasteiger partial charge in [-0.25, -0.2) is 0 Å². The van der Waals surface area contributed by atoms with E-state index in [0.29, 0.717) is 13.1 Å². The Morgan fingerprint density at radius 1 is 1.59 bits per heavy atom. The maximum absolute atomic E-state index is 11.2. The molecule has 1 amide bonds. The predicted molar refractivity (Wildman–Crippen MR) is 67.4 cm³/mol. The summed E-state index contributed by atoms with van der Waals surface area (Å²) in [4.78, 5) is 23.7. The first-order chi connectivity index (χ1) is 7.93. The van der Waals surface area contributed by atoms with Crippen LogP contribution in [0.25, 0.3) is 0 Å². The van der Waals surface area contributed by atoms with Crippen LogP contribution in [0.3, 0.4) is 0 Å². The highest BCUT2D eigenvalue weighted by Gasteiger charge is 2.48. The zero-order valence-corrected chi connectivity index (χ0v) is 11.4. The molecule has 17 heavy (non-hydrogen) atoms. The lowest BCUT2D eigenvalue weighted by molar-refractivity contribution is -0.150. The quantitative estimate of drug-likeness (QED) is 0.808. The maximum Gasteiger partial charge on any atom is 0.305 e. The summed E-state index contributed by atoms with van der Waals surface area (Å²) in [5.41, 5.74) is -0.582. The average Bonchev–Trinajstić information content (AvgIpc) is 2.56. The molecule has 6 nitrogen and oxygen atoms in total. The van der Waals surface area contributed by atoms with Crippen LogP contribution in [0, 0.1) is 3.70 Å². The van der Waals surface area contributed by atoms with E-state index in [4.69, 9.17) is 5.11 Å². The van der Waals surface area contributed by atoms with Gasteiger partial charge in [0.25, 0.3) is 0 Å².